The molecule has 0 bridgehead atoms. The number of carbonyl (C=O) groups is 1. The maximum atomic E-state index is 11.5. The van der Waals surface area contributed by atoms with E-state index in [1.54, 1.807) is 14.2 Å². The number of methoxy groups -OCH3 is 2. The number of ether oxygens (including phenoxy) is 2. The molecule has 0 atom stereocenters. The van der Waals surface area contributed by atoms with Crippen LogP contribution in [0.1, 0.15) is 24.8 Å². The molecule has 0 spiro atoms. The van der Waals surface area contributed by atoms with E-state index in [0.29, 0.717) is 29.5 Å². The number of rotatable bonds is 8. The Bertz CT molecular complexity index is 526. The van der Waals surface area contributed by atoms with Gasteiger partial charge in [-0.2, -0.15) is 0 Å². The molecule has 0 radical (unpaired) electrons. The van der Waals surface area contributed by atoms with E-state index in [4.69, 9.17) is 21.1 Å². The summed E-state index contributed by atoms with van der Waals surface area (Å²) in [5, 5.41) is 3.91. The van der Waals surface area contributed by atoms with Crippen molar-refractivity contribution in [2.45, 2.75) is 25.8 Å². The molecule has 0 aliphatic carbocycles. The van der Waals surface area contributed by atoms with Crippen molar-refractivity contribution in [2.75, 3.05) is 33.9 Å². The Hall–Kier alpha value is -1.17. The standard InChI is InChI=1S/C16H23ClN2O3.ClH/c1-21-14-10-12(9-13(17)16(14)22-2)11-18-6-4-8-19-7-3-5-15(19)20;/h9-10,18H,3-8,11H2,1-2H3;1H. The van der Waals surface area contributed by atoms with E-state index in [1.165, 1.54) is 0 Å². The predicted molar refractivity (Wildman–Crippen MR) is 93.9 cm³/mol. The van der Waals surface area contributed by atoms with Gasteiger partial charge in [-0.15, -0.1) is 12.4 Å². The number of halogens is 2. The van der Waals surface area contributed by atoms with Crippen LogP contribution in [0.5, 0.6) is 11.5 Å². The maximum Gasteiger partial charge on any atom is 0.222 e. The Morgan fingerprint density at radius 1 is 1.30 bits per heavy atom. The Morgan fingerprint density at radius 2 is 2.09 bits per heavy atom. The van der Waals surface area contributed by atoms with E-state index >= 15 is 0 Å². The van der Waals surface area contributed by atoms with Crippen molar-refractivity contribution >= 4 is 29.9 Å². The lowest BCUT2D eigenvalue weighted by Crippen LogP contribution is -2.28. The van der Waals surface area contributed by atoms with E-state index < -0.39 is 0 Å². The highest BCUT2D eigenvalue weighted by molar-refractivity contribution is 6.32. The third-order valence-corrected chi connectivity index (χ3v) is 4.06. The van der Waals surface area contributed by atoms with Crippen LogP contribution in [0, 0.1) is 0 Å². The van der Waals surface area contributed by atoms with Crippen LogP contribution in [0.3, 0.4) is 0 Å². The number of nitrogens with zero attached hydrogens (tertiary/aromatic N) is 1. The third-order valence-electron chi connectivity index (χ3n) is 3.78. The lowest BCUT2D eigenvalue weighted by atomic mass is 10.2. The van der Waals surface area contributed by atoms with E-state index in [1.807, 2.05) is 17.0 Å². The summed E-state index contributed by atoms with van der Waals surface area (Å²) >= 11 is 6.18. The number of amides is 1. The summed E-state index contributed by atoms with van der Waals surface area (Å²) in [5.74, 6) is 1.47. The monoisotopic (exact) mass is 362 g/mol. The summed E-state index contributed by atoms with van der Waals surface area (Å²) in [6, 6.07) is 3.79. The molecule has 1 aliphatic heterocycles. The van der Waals surface area contributed by atoms with E-state index in [0.717, 1.165) is 38.0 Å². The molecule has 0 unspecified atom stereocenters. The van der Waals surface area contributed by atoms with Crippen LogP contribution in [0.2, 0.25) is 5.02 Å². The molecule has 1 saturated heterocycles. The predicted octanol–water partition coefficient (Wildman–Crippen LogP) is 2.88. The SMILES string of the molecule is COc1cc(CNCCCN2CCCC2=O)cc(Cl)c1OC.Cl. The molecule has 1 aromatic carbocycles. The molecule has 1 amide bonds. The minimum atomic E-state index is 0. The zero-order valence-corrected chi connectivity index (χ0v) is 15.1. The molecule has 1 N–H and O–H groups in total. The van der Waals surface area contributed by atoms with Crippen LogP contribution >= 0.6 is 24.0 Å². The highest BCUT2D eigenvalue weighted by Gasteiger charge is 2.18. The summed E-state index contributed by atoms with van der Waals surface area (Å²) in [4.78, 5) is 13.4. The van der Waals surface area contributed by atoms with Crippen LogP contribution < -0.4 is 14.8 Å². The number of likely N-dealkylation sites (tertiary alicyclic amines) is 1. The molecule has 2 rings (SSSR count). The zero-order chi connectivity index (χ0) is 15.9. The first kappa shape index (κ1) is 19.9. The van der Waals surface area contributed by atoms with Crippen LogP contribution in [-0.2, 0) is 11.3 Å². The number of hydrogen-bond acceptors (Lipinski definition) is 4. The quantitative estimate of drug-likeness (QED) is 0.722. The van der Waals surface area contributed by atoms with Crippen molar-refractivity contribution in [1.29, 1.82) is 0 Å². The summed E-state index contributed by atoms with van der Waals surface area (Å²) in [6.45, 7) is 3.30. The van der Waals surface area contributed by atoms with Gasteiger partial charge in [-0.25, -0.2) is 0 Å². The molecule has 0 saturated carbocycles. The van der Waals surface area contributed by atoms with Gasteiger partial charge in [0.25, 0.3) is 0 Å². The van der Waals surface area contributed by atoms with Gasteiger partial charge in [0.2, 0.25) is 5.91 Å². The van der Waals surface area contributed by atoms with Crippen LogP contribution in [0.15, 0.2) is 12.1 Å². The lowest BCUT2D eigenvalue weighted by Gasteiger charge is -2.15. The second-order valence-corrected chi connectivity index (χ2v) is 5.74. The molecule has 0 aromatic heterocycles. The lowest BCUT2D eigenvalue weighted by molar-refractivity contribution is -0.127. The fraction of sp³-hybridized carbons (Fsp3) is 0.562. The first-order valence-electron chi connectivity index (χ1n) is 7.54. The largest absolute Gasteiger partial charge is 0.493 e. The van der Waals surface area contributed by atoms with Gasteiger partial charge in [0.05, 0.1) is 19.2 Å². The minimum Gasteiger partial charge on any atom is -0.493 e. The zero-order valence-electron chi connectivity index (χ0n) is 13.6. The molecular weight excluding hydrogens is 339 g/mol. The Morgan fingerprint density at radius 3 is 2.70 bits per heavy atom. The van der Waals surface area contributed by atoms with Crippen molar-refractivity contribution in [2.24, 2.45) is 0 Å². The van der Waals surface area contributed by atoms with Crippen molar-refractivity contribution < 1.29 is 14.3 Å². The van der Waals surface area contributed by atoms with Gasteiger partial charge in [-0.3, -0.25) is 4.79 Å². The minimum absolute atomic E-state index is 0. The number of hydrogen-bond donors (Lipinski definition) is 1. The molecule has 5 nitrogen and oxygen atoms in total. The Kier molecular flexibility index (Phi) is 8.52. The van der Waals surface area contributed by atoms with Crippen molar-refractivity contribution in [3.8, 4) is 11.5 Å². The summed E-state index contributed by atoms with van der Waals surface area (Å²) in [6.07, 6.45) is 2.65. The van der Waals surface area contributed by atoms with Gasteiger partial charge >= 0.3 is 0 Å². The average molecular weight is 363 g/mol. The van der Waals surface area contributed by atoms with Gasteiger partial charge in [0.15, 0.2) is 11.5 Å². The number of carbonyl (C=O) groups excluding carboxylic acids is 1. The number of nitrogens with one attached hydrogen (secondary N) is 1. The summed E-state index contributed by atoms with van der Waals surface area (Å²) < 4.78 is 10.5. The second-order valence-electron chi connectivity index (χ2n) is 5.33. The second kappa shape index (κ2) is 9.85. The van der Waals surface area contributed by atoms with Gasteiger partial charge in [-0.05, 0) is 37.1 Å². The molecule has 1 heterocycles. The van der Waals surface area contributed by atoms with E-state index in [2.05, 4.69) is 5.32 Å². The molecule has 1 aromatic rings. The number of benzene rings is 1. The molecule has 7 heteroatoms. The smallest absolute Gasteiger partial charge is 0.222 e. The first-order chi connectivity index (χ1) is 10.7. The average Bonchev–Trinajstić information content (AvgIpc) is 2.91. The molecule has 1 aliphatic rings. The van der Waals surface area contributed by atoms with Crippen molar-refractivity contribution in [3.05, 3.63) is 22.7 Å². The highest BCUT2D eigenvalue weighted by atomic mass is 35.5. The van der Waals surface area contributed by atoms with Gasteiger partial charge < -0.3 is 19.7 Å². The Balaban J connectivity index is 0.00000264. The van der Waals surface area contributed by atoms with Gasteiger partial charge in [0, 0.05) is 26.1 Å². The summed E-state index contributed by atoms with van der Waals surface area (Å²) in [7, 11) is 3.17. The normalized spacial score (nSPS) is 13.9. The fourth-order valence-corrected chi connectivity index (χ4v) is 2.95. The van der Waals surface area contributed by atoms with Crippen LogP contribution in [-0.4, -0.2) is 44.7 Å². The van der Waals surface area contributed by atoms with E-state index in [9.17, 15) is 4.79 Å². The molecule has 23 heavy (non-hydrogen) atoms. The fourth-order valence-electron chi connectivity index (χ4n) is 2.64. The molecule has 1 fully saturated rings. The van der Waals surface area contributed by atoms with Crippen LogP contribution in [0.25, 0.3) is 0 Å². The van der Waals surface area contributed by atoms with Crippen molar-refractivity contribution in [3.63, 3.8) is 0 Å². The van der Waals surface area contributed by atoms with Gasteiger partial charge in [0.1, 0.15) is 0 Å². The highest BCUT2D eigenvalue weighted by Crippen LogP contribution is 2.35. The van der Waals surface area contributed by atoms with Gasteiger partial charge in [-0.1, -0.05) is 11.6 Å². The van der Waals surface area contributed by atoms with Crippen LogP contribution in [0.4, 0.5) is 0 Å². The Labute approximate surface area is 148 Å². The summed E-state index contributed by atoms with van der Waals surface area (Å²) in [5.41, 5.74) is 1.04. The third kappa shape index (κ3) is 5.44. The maximum absolute atomic E-state index is 11.5. The molecular formula is C16H24Cl2N2O3. The van der Waals surface area contributed by atoms with E-state index in [-0.39, 0.29) is 18.3 Å². The first-order valence-corrected chi connectivity index (χ1v) is 7.92. The van der Waals surface area contributed by atoms with Crippen molar-refractivity contribution in [1.82, 2.24) is 10.2 Å². The molecule has 130 valence electrons. The topological polar surface area (TPSA) is 50.8 Å².